The molecule has 2 aromatic carbocycles. The zero-order chi connectivity index (χ0) is 22.7. The van der Waals surface area contributed by atoms with Gasteiger partial charge in [-0.3, -0.25) is 0 Å². The number of rotatable bonds is 4. The molecule has 0 radical (unpaired) electrons. The Balaban J connectivity index is 1.23. The number of hydrogen-bond donors (Lipinski definition) is 0. The topological polar surface area (TPSA) is 42.0 Å². The number of halogens is 2. The number of carbonyl (C=O) groups is 1. The van der Waals surface area contributed by atoms with Gasteiger partial charge in [-0.15, -0.1) is 0 Å². The highest BCUT2D eigenvalue weighted by molar-refractivity contribution is 5.74. The summed E-state index contributed by atoms with van der Waals surface area (Å²) in [6.07, 6.45) is 3.08. The zero-order valence-corrected chi connectivity index (χ0v) is 18.7. The third-order valence-corrected chi connectivity index (χ3v) is 6.29. The summed E-state index contributed by atoms with van der Waals surface area (Å²) in [6.45, 7) is 6.26. The van der Waals surface area contributed by atoms with E-state index in [1.165, 1.54) is 24.3 Å². The molecule has 5 nitrogen and oxygen atoms in total. The maximum Gasteiger partial charge on any atom is 0.320 e. The second-order valence-electron chi connectivity index (χ2n) is 8.71. The summed E-state index contributed by atoms with van der Waals surface area (Å²) in [7, 11) is 0. The number of nitrogens with zero attached hydrogens (tertiary/aromatic N) is 2. The van der Waals surface area contributed by atoms with Gasteiger partial charge < -0.3 is 19.3 Å². The lowest BCUT2D eigenvalue weighted by Crippen LogP contribution is -2.51. The van der Waals surface area contributed by atoms with Crippen molar-refractivity contribution >= 4 is 6.03 Å². The number of aryl methyl sites for hydroxylation is 2. The molecule has 0 bridgehead atoms. The number of piperidine rings is 2. The molecule has 2 fully saturated rings. The molecular formula is C25H30F2N2O3. The van der Waals surface area contributed by atoms with Crippen LogP contribution in [0.2, 0.25) is 0 Å². The Bertz CT molecular complexity index is 877. The lowest BCUT2D eigenvalue weighted by atomic mass is 10.1. The second-order valence-corrected chi connectivity index (χ2v) is 8.71. The fraction of sp³-hybridized carbons (Fsp3) is 0.480. The molecule has 172 valence electrons. The maximum absolute atomic E-state index is 13.3. The number of hydrogen-bond acceptors (Lipinski definition) is 3. The fourth-order valence-electron chi connectivity index (χ4n) is 4.38. The number of urea groups is 1. The molecule has 2 aliphatic heterocycles. The summed E-state index contributed by atoms with van der Waals surface area (Å²) in [4.78, 5) is 16.7. The van der Waals surface area contributed by atoms with Crippen LogP contribution < -0.4 is 9.47 Å². The van der Waals surface area contributed by atoms with E-state index in [-0.39, 0.29) is 29.9 Å². The molecule has 4 rings (SSSR count). The molecule has 0 saturated carbocycles. The van der Waals surface area contributed by atoms with Gasteiger partial charge in [-0.05, 0) is 61.4 Å². The van der Waals surface area contributed by atoms with Gasteiger partial charge in [0, 0.05) is 51.9 Å². The standard InChI is InChI=1S/C25H30F2N2O3/c1-17-15-19(26)3-5-23(17)31-21-7-11-28(12-8-21)25(30)29-13-9-22(10-14-29)32-24-6-4-20(27)16-18(24)2/h3-6,15-16,21-22H,7-14H2,1-2H3. The van der Waals surface area contributed by atoms with E-state index in [1.54, 1.807) is 12.1 Å². The lowest BCUT2D eigenvalue weighted by molar-refractivity contribution is 0.0733. The van der Waals surface area contributed by atoms with Crippen molar-refractivity contribution in [1.82, 2.24) is 9.80 Å². The Hall–Kier alpha value is -2.83. The lowest BCUT2D eigenvalue weighted by Gasteiger charge is -2.38. The van der Waals surface area contributed by atoms with Gasteiger partial charge in [0.25, 0.3) is 0 Å². The van der Waals surface area contributed by atoms with Crippen molar-refractivity contribution in [3.05, 3.63) is 59.2 Å². The van der Waals surface area contributed by atoms with E-state index in [0.717, 1.165) is 36.8 Å². The van der Waals surface area contributed by atoms with Crippen LogP contribution in [0.4, 0.5) is 13.6 Å². The average molecular weight is 445 g/mol. The minimum absolute atomic E-state index is 0.0290. The van der Waals surface area contributed by atoms with E-state index in [4.69, 9.17) is 9.47 Å². The van der Waals surface area contributed by atoms with Crippen LogP contribution in [0, 0.1) is 25.5 Å². The monoisotopic (exact) mass is 444 g/mol. The molecule has 2 heterocycles. The molecule has 0 N–H and O–H groups in total. The highest BCUT2D eigenvalue weighted by atomic mass is 19.1. The van der Waals surface area contributed by atoms with Crippen molar-refractivity contribution in [3.8, 4) is 11.5 Å². The van der Waals surface area contributed by atoms with Gasteiger partial charge in [0.15, 0.2) is 0 Å². The van der Waals surface area contributed by atoms with Gasteiger partial charge in [0.1, 0.15) is 35.3 Å². The summed E-state index contributed by atoms with van der Waals surface area (Å²) in [5.74, 6) is 0.874. The molecule has 0 spiro atoms. The highest BCUT2D eigenvalue weighted by Crippen LogP contribution is 2.26. The molecule has 2 saturated heterocycles. The highest BCUT2D eigenvalue weighted by Gasteiger charge is 2.30. The van der Waals surface area contributed by atoms with Crippen LogP contribution in [-0.4, -0.2) is 54.2 Å². The third kappa shape index (κ3) is 5.31. The van der Waals surface area contributed by atoms with Gasteiger partial charge in [-0.25, -0.2) is 13.6 Å². The summed E-state index contributed by atoms with van der Waals surface area (Å²) in [5.41, 5.74) is 1.56. The van der Waals surface area contributed by atoms with Crippen molar-refractivity contribution in [1.29, 1.82) is 0 Å². The van der Waals surface area contributed by atoms with E-state index >= 15 is 0 Å². The van der Waals surface area contributed by atoms with Crippen molar-refractivity contribution in [2.45, 2.75) is 51.7 Å². The van der Waals surface area contributed by atoms with Crippen LogP contribution in [0.1, 0.15) is 36.8 Å². The fourth-order valence-corrected chi connectivity index (χ4v) is 4.38. The number of likely N-dealkylation sites (tertiary alicyclic amines) is 2. The van der Waals surface area contributed by atoms with Crippen LogP contribution in [0.25, 0.3) is 0 Å². The van der Waals surface area contributed by atoms with Crippen molar-refractivity contribution in [2.24, 2.45) is 0 Å². The molecule has 2 aliphatic rings. The number of carbonyl (C=O) groups excluding carboxylic acids is 1. The summed E-state index contributed by atoms with van der Waals surface area (Å²) in [6, 6.07) is 9.16. The first-order valence-corrected chi connectivity index (χ1v) is 11.3. The molecule has 2 aromatic rings. The molecule has 0 atom stereocenters. The predicted molar refractivity (Wildman–Crippen MR) is 118 cm³/mol. The Morgan fingerprint density at radius 1 is 0.750 bits per heavy atom. The van der Waals surface area contributed by atoms with Gasteiger partial charge in [-0.2, -0.15) is 0 Å². The SMILES string of the molecule is Cc1cc(F)ccc1OC1CCN(C(=O)N2CCC(Oc3ccc(F)cc3C)CC2)CC1. The van der Waals surface area contributed by atoms with E-state index in [0.29, 0.717) is 37.7 Å². The molecule has 32 heavy (non-hydrogen) atoms. The van der Waals surface area contributed by atoms with Gasteiger partial charge in [0.2, 0.25) is 0 Å². The van der Waals surface area contributed by atoms with E-state index < -0.39 is 0 Å². The van der Waals surface area contributed by atoms with Crippen molar-refractivity contribution in [2.75, 3.05) is 26.2 Å². The third-order valence-electron chi connectivity index (χ3n) is 6.29. The van der Waals surface area contributed by atoms with Gasteiger partial charge in [-0.1, -0.05) is 0 Å². The van der Waals surface area contributed by atoms with Crippen LogP contribution >= 0.6 is 0 Å². The molecule has 0 aromatic heterocycles. The Morgan fingerprint density at radius 2 is 1.12 bits per heavy atom. The summed E-state index contributed by atoms with van der Waals surface area (Å²) in [5, 5.41) is 0. The first-order valence-electron chi connectivity index (χ1n) is 11.3. The molecule has 2 amide bonds. The van der Waals surface area contributed by atoms with Crippen LogP contribution in [-0.2, 0) is 0 Å². The molecular weight excluding hydrogens is 414 g/mol. The smallest absolute Gasteiger partial charge is 0.320 e. The zero-order valence-electron chi connectivity index (χ0n) is 18.7. The average Bonchev–Trinajstić information content (AvgIpc) is 2.78. The first kappa shape index (κ1) is 22.4. The first-order chi connectivity index (χ1) is 15.4. The van der Waals surface area contributed by atoms with Crippen molar-refractivity contribution < 1.29 is 23.0 Å². The Morgan fingerprint density at radius 3 is 1.47 bits per heavy atom. The minimum atomic E-state index is -0.266. The van der Waals surface area contributed by atoms with Crippen LogP contribution in [0.5, 0.6) is 11.5 Å². The second kappa shape index (κ2) is 9.76. The van der Waals surface area contributed by atoms with E-state index in [9.17, 15) is 13.6 Å². The van der Waals surface area contributed by atoms with Gasteiger partial charge >= 0.3 is 6.03 Å². The maximum atomic E-state index is 13.3. The van der Waals surface area contributed by atoms with Crippen LogP contribution in [0.15, 0.2) is 36.4 Å². The number of benzene rings is 2. The van der Waals surface area contributed by atoms with Crippen molar-refractivity contribution in [3.63, 3.8) is 0 Å². The predicted octanol–water partition coefficient (Wildman–Crippen LogP) is 5.09. The van der Waals surface area contributed by atoms with Gasteiger partial charge in [0.05, 0.1) is 0 Å². The normalized spacial score (nSPS) is 18.0. The molecule has 7 heteroatoms. The van der Waals surface area contributed by atoms with E-state index in [1.807, 2.05) is 23.6 Å². The number of ether oxygens (including phenoxy) is 2. The minimum Gasteiger partial charge on any atom is -0.490 e. The summed E-state index contributed by atoms with van der Waals surface area (Å²) >= 11 is 0. The number of amides is 2. The molecule has 0 unspecified atom stereocenters. The molecule has 0 aliphatic carbocycles. The Kier molecular flexibility index (Phi) is 6.82. The quantitative estimate of drug-likeness (QED) is 0.660. The van der Waals surface area contributed by atoms with E-state index in [2.05, 4.69) is 0 Å². The largest absolute Gasteiger partial charge is 0.490 e. The Labute approximate surface area is 187 Å². The summed E-state index contributed by atoms with van der Waals surface area (Å²) < 4.78 is 38.7. The van der Waals surface area contributed by atoms with Crippen LogP contribution in [0.3, 0.4) is 0 Å².